The van der Waals surface area contributed by atoms with E-state index in [0.717, 1.165) is 0 Å². The molecule has 5 nitrogen and oxygen atoms in total. The predicted molar refractivity (Wildman–Crippen MR) is 87.5 cm³/mol. The molecule has 0 aliphatic rings. The number of rotatable bonds is 4. The van der Waals surface area contributed by atoms with Gasteiger partial charge in [-0.25, -0.2) is 0 Å². The molecule has 8 heteroatoms. The number of aromatic amines is 1. The number of ether oxygens (including phenoxy) is 1. The van der Waals surface area contributed by atoms with Crippen LogP contribution in [0, 0.1) is 0 Å². The van der Waals surface area contributed by atoms with Gasteiger partial charge in [0.2, 0.25) is 0 Å². The topological polar surface area (TPSA) is 82.5 Å². The highest BCUT2D eigenvalue weighted by Gasteiger charge is 2.18. The molecule has 0 fully saturated rings. The predicted octanol–water partition coefficient (Wildman–Crippen LogP) is 2.28. The molecular weight excluding hydrogens is 328 g/mol. The number of benzene rings is 1. The number of aromatic nitrogens is 1. The van der Waals surface area contributed by atoms with Crippen molar-refractivity contribution in [3.05, 3.63) is 50.4 Å². The molecule has 1 aromatic carbocycles. The van der Waals surface area contributed by atoms with E-state index in [2.05, 4.69) is 4.98 Å². The molecule has 0 saturated heterocycles. The largest absolute Gasteiger partial charge is 0.488 e. The molecule has 0 bridgehead atoms. The van der Waals surface area contributed by atoms with Crippen molar-refractivity contribution in [3.63, 3.8) is 0 Å². The number of H-pyrrole nitrogens is 1. The molecule has 22 heavy (non-hydrogen) atoms. The van der Waals surface area contributed by atoms with Crippen LogP contribution in [0.4, 0.5) is 0 Å². The molecule has 2 rings (SSSR count). The van der Waals surface area contributed by atoms with Gasteiger partial charge in [0, 0.05) is 11.8 Å². The number of pyridine rings is 1. The van der Waals surface area contributed by atoms with Crippen molar-refractivity contribution in [2.24, 2.45) is 0 Å². The van der Waals surface area contributed by atoms with Crippen LogP contribution in [0.25, 0.3) is 0 Å². The highest BCUT2D eigenvalue weighted by molar-refractivity contribution is 6.59. The summed E-state index contributed by atoms with van der Waals surface area (Å²) in [5, 5.41) is 18.5. The van der Waals surface area contributed by atoms with Crippen LogP contribution in [0.3, 0.4) is 0 Å². The summed E-state index contributed by atoms with van der Waals surface area (Å²) < 4.78 is 5.62. The van der Waals surface area contributed by atoms with E-state index in [4.69, 9.17) is 38.0 Å². The van der Waals surface area contributed by atoms with Crippen LogP contribution in [-0.4, -0.2) is 22.2 Å². The van der Waals surface area contributed by atoms with E-state index in [1.807, 2.05) is 13.8 Å². The van der Waals surface area contributed by atoms with Gasteiger partial charge in [0.05, 0.1) is 10.0 Å². The Balaban J connectivity index is 2.39. The molecule has 2 aromatic rings. The second kappa shape index (κ2) is 6.75. The van der Waals surface area contributed by atoms with Gasteiger partial charge in [-0.3, -0.25) is 4.79 Å². The van der Waals surface area contributed by atoms with Crippen molar-refractivity contribution in [2.45, 2.75) is 19.8 Å². The van der Waals surface area contributed by atoms with Crippen LogP contribution in [0.1, 0.15) is 25.3 Å². The van der Waals surface area contributed by atoms with Crippen molar-refractivity contribution in [3.8, 4) is 11.5 Å². The third-order valence-electron chi connectivity index (χ3n) is 3.07. The molecule has 0 aliphatic heterocycles. The molecule has 0 spiro atoms. The summed E-state index contributed by atoms with van der Waals surface area (Å²) in [5.41, 5.74) is 0.553. The van der Waals surface area contributed by atoms with Crippen LogP contribution >= 0.6 is 23.2 Å². The minimum absolute atomic E-state index is 0.0326. The average molecular weight is 342 g/mol. The average Bonchev–Trinajstić information content (AvgIpc) is 2.43. The number of nitrogens with one attached hydrogen (secondary N) is 1. The van der Waals surface area contributed by atoms with Gasteiger partial charge in [0.25, 0.3) is 5.56 Å². The fourth-order valence-electron chi connectivity index (χ4n) is 1.91. The van der Waals surface area contributed by atoms with Crippen molar-refractivity contribution in [2.75, 3.05) is 0 Å². The molecule has 116 valence electrons. The fourth-order valence-corrected chi connectivity index (χ4v) is 2.49. The van der Waals surface area contributed by atoms with Gasteiger partial charge in [0.15, 0.2) is 5.75 Å². The quantitative estimate of drug-likeness (QED) is 0.745. The first-order valence-corrected chi connectivity index (χ1v) is 7.30. The Morgan fingerprint density at radius 3 is 2.27 bits per heavy atom. The maximum atomic E-state index is 11.7. The molecule has 0 atom stereocenters. The normalized spacial score (nSPS) is 10.9. The van der Waals surface area contributed by atoms with Crippen molar-refractivity contribution < 1.29 is 14.8 Å². The Kier molecular flexibility index (Phi) is 5.18. The molecule has 0 amide bonds. The third kappa shape index (κ3) is 3.65. The van der Waals surface area contributed by atoms with Crippen LogP contribution in [-0.2, 0) is 0 Å². The zero-order valence-corrected chi connectivity index (χ0v) is 13.4. The standard InChI is InChI=1S/C14H14BCl2NO4/c1-7(2)10-5-9(6-18-14(10)19)22-13-11(16)3-8(15(20)21)4-12(13)17/h3-7,20-21H,1-2H3,(H,18,19). The first kappa shape index (κ1) is 16.9. The number of hydrogen-bond acceptors (Lipinski definition) is 4. The zero-order chi connectivity index (χ0) is 16.4. The molecule has 0 saturated carbocycles. The lowest BCUT2D eigenvalue weighted by atomic mass is 9.80. The summed E-state index contributed by atoms with van der Waals surface area (Å²) in [5.74, 6) is 0.587. The Morgan fingerprint density at radius 1 is 1.18 bits per heavy atom. The smallest absolute Gasteiger partial charge is 0.453 e. The maximum absolute atomic E-state index is 11.7. The van der Waals surface area contributed by atoms with E-state index in [9.17, 15) is 4.79 Å². The van der Waals surface area contributed by atoms with Crippen LogP contribution < -0.4 is 15.8 Å². The van der Waals surface area contributed by atoms with Crippen molar-refractivity contribution in [1.82, 2.24) is 4.98 Å². The van der Waals surface area contributed by atoms with Gasteiger partial charge in [-0.15, -0.1) is 0 Å². The first-order valence-electron chi connectivity index (χ1n) is 6.55. The lowest BCUT2D eigenvalue weighted by Gasteiger charge is -2.12. The van der Waals surface area contributed by atoms with Crippen LogP contribution in [0.5, 0.6) is 11.5 Å². The van der Waals surface area contributed by atoms with E-state index in [1.165, 1.54) is 18.3 Å². The minimum atomic E-state index is -1.68. The van der Waals surface area contributed by atoms with Gasteiger partial charge in [0.1, 0.15) is 5.75 Å². The van der Waals surface area contributed by atoms with Gasteiger partial charge >= 0.3 is 7.12 Å². The van der Waals surface area contributed by atoms with E-state index < -0.39 is 7.12 Å². The maximum Gasteiger partial charge on any atom is 0.488 e. The molecule has 1 aromatic heterocycles. The lowest BCUT2D eigenvalue weighted by molar-refractivity contribution is 0.425. The third-order valence-corrected chi connectivity index (χ3v) is 3.63. The second-order valence-electron chi connectivity index (χ2n) is 5.06. The Labute approximate surface area is 137 Å². The van der Waals surface area contributed by atoms with Crippen LogP contribution in [0.2, 0.25) is 10.0 Å². The number of halogens is 2. The molecule has 3 N–H and O–H groups in total. The summed E-state index contributed by atoms with van der Waals surface area (Å²) in [6.07, 6.45) is 1.41. The van der Waals surface area contributed by atoms with Gasteiger partial charge in [-0.1, -0.05) is 37.0 Å². The van der Waals surface area contributed by atoms with Gasteiger partial charge in [-0.2, -0.15) is 0 Å². The first-order chi connectivity index (χ1) is 10.3. The van der Waals surface area contributed by atoms with Crippen molar-refractivity contribution in [1.29, 1.82) is 0 Å². The summed E-state index contributed by atoms with van der Waals surface area (Å²) >= 11 is 12.1. The van der Waals surface area contributed by atoms with E-state index in [0.29, 0.717) is 11.3 Å². The molecule has 0 unspecified atom stereocenters. The van der Waals surface area contributed by atoms with Crippen molar-refractivity contribution >= 4 is 35.8 Å². The van der Waals surface area contributed by atoms with Gasteiger partial charge < -0.3 is 19.8 Å². The fraction of sp³-hybridized carbons (Fsp3) is 0.214. The Hall–Kier alpha value is -1.47. The summed E-state index contributed by atoms with van der Waals surface area (Å²) in [4.78, 5) is 14.3. The van der Waals surface area contributed by atoms with E-state index in [-0.39, 0.29) is 32.7 Å². The summed E-state index contributed by atoms with van der Waals surface area (Å²) in [6.45, 7) is 3.79. The summed E-state index contributed by atoms with van der Waals surface area (Å²) in [6, 6.07) is 4.32. The lowest BCUT2D eigenvalue weighted by Crippen LogP contribution is -2.29. The molecule has 1 heterocycles. The monoisotopic (exact) mass is 341 g/mol. The van der Waals surface area contributed by atoms with Gasteiger partial charge in [-0.05, 0) is 29.6 Å². The second-order valence-corrected chi connectivity index (χ2v) is 5.88. The highest BCUT2D eigenvalue weighted by Crippen LogP contribution is 2.35. The molecule has 0 aliphatic carbocycles. The van der Waals surface area contributed by atoms with E-state index in [1.54, 1.807) is 6.07 Å². The Bertz CT molecular complexity index is 723. The minimum Gasteiger partial charge on any atom is -0.453 e. The molecular formula is C14H14BCl2NO4. The Morgan fingerprint density at radius 2 is 1.77 bits per heavy atom. The number of hydrogen-bond donors (Lipinski definition) is 3. The SMILES string of the molecule is CC(C)c1cc(Oc2c(Cl)cc(B(O)O)cc2Cl)c[nH]c1=O. The summed E-state index contributed by atoms with van der Waals surface area (Å²) in [7, 11) is -1.68. The van der Waals surface area contributed by atoms with Crippen LogP contribution in [0.15, 0.2) is 29.2 Å². The highest BCUT2D eigenvalue weighted by atomic mass is 35.5. The van der Waals surface area contributed by atoms with E-state index >= 15 is 0 Å². The molecule has 0 radical (unpaired) electrons. The zero-order valence-electron chi connectivity index (χ0n) is 11.9.